The third-order valence-electron chi connectivity index (χ3n) is 9.64. The molecule has 0 radical (unpaired) electrons. The van der Waals surface area contributed by atoms with E-state index in [-0.39, 0.29) is 12.8 Å². The second-order valence-electron chi connectivity index (χ2n) is 15.3. The topological polar surface area (TPSA) is 220 Å². The van der Waals surface area contributed by atoms with Gasteiger partial charge < -0.3 is 39.8 Å². The zero-order valence-corrected chi connectivity index (χ0v) is 39.2. The largest absolute Gasteiger partial charge is 0.545 e. The molecule has 20 heteroatoms. The normalized spacial score (nSPS) is 12.8. The number of nitrogens with zero attached hydrogens (tertiary/aromatic N) is 2. The molecule has 0 aliphatic carbocycles. The molecule has 0 aliphatic rings. The van der Waals surface area contributed by atoms with Crippen molar-refractivity contribution in [3.63, 3.8) is 0 Å². The van der Waals surface area contributed by atoms with Gasteiger partial charge in [-0.1, -0.05) is 63.8 Å². The summed E-state index contributed by atoms with van der Waals surface area (Å²) in [6.07, 6.45) is 7.22. The maximum Gasteiger partial charge on any atom is 0.238 e. The Labute approximate surface area is 378 Å². The lowest BCUT2D eigenvalue weighted by atomic mass is 10.0. The Morgan fingerprint density at radius 1 is 0.547 bits per heavy atom. The van der Waals surface area contributed by atoms with Gasteiger partial charge >= 0.3 is 0 Å². The van der Waals surface area contributed by atoms with Crippen LogP contribution in [0.3, 0.4) is 0 Å². The molecule has 2 rings (SSSR count). The number of unbranched alkanes of at least 4 members (excludes halogenated alkanes) is 6. The average molecular weight is 955 g/mol. The predicted octanol–water partition coefficient (Wildman–Crippen LogP) is 5.86. The van der Waals surface area contributed by atoms with Crippen molar-refractivity contribution in [2.24, 2.45) is 0 Å². The van der Waals surface area contributed by atoms with Crippen molar-refractivity contribution in [1.29, 1.82) is 0 Å². The minimum atomic E-state index is -3.31. The number of carboxylic acids is 2. The highest BCUT2D eigenvalue weighted by Crippen LogP contribution is 2.23. The van der Waals surface area contributed by atoms with E-state index in [1.54, 1.807) is 48.5 Å². The van der Waals surface area contributed by atoms with Gasteiger partial charge in [-0.3, -0.25) is 9.44 Å². The van der Waals surface area contributed by atoms with E-state index in [0.717, 1.165) is 114 Å². The van der Waals surface area contributed by atoms with E-state index in [0.29, 0.717) is 49.2 Å². The molecule has 0 amide bonds. The monoisotopic (exact) mass is 954 g/mol. The number of aliphatic hydroxyl groups excluding tert-OH is 2. The molecular formula is C44H70F4N4O10S2-2. The Bertz CT molecular complexity index is 1660. The number of sulfonamides is 2. The van der Waals surface area contributed by atoms with E-state index < -0.39 is 57.0 Å². The van der Waals surface area contributed by atoms with Crippen LogP contribution in [0.15, 0.2) is 60.7 Å². The van der Waals surface area contributed by atoms with Crippen LogP contribution in [-0.2, 0) is 29.6 Å². The van der Waals surface area contributed by atoms with Gasteiger partial charge in [0.1, 0.15) is 0 Å². The first-order valence-corrected chi connectivity index (χ1v) is 25.5. The van der Waals surface area contributed by atoms with Gasteiger partial charge in [0, 0.05) is 24.2 Å². The Balaban J connectivity index is 0.00000106. The standard InChI is InChI=1S/2C20H34F2N2O3S.C4H4O4/c2*1-3-24(15-7-5-4-6-10-20(21)22)16-8-9-19(25)17-11-13-18(14-12-17)23-28(2,26)27;5-3(6)1-2-4(7)8/h2*11-14,19-20,23,25H,3-10,15-16H2,1-2H3;1-2H,(H,5,6)(H,7,8)/p-2/b;;2-1+. The number of halogens is 4. The summed E-state index contributed by atoms with van der Waals surface area (Å²) < 4.78 is 98.0. The SMILES string of the molecule is CCN(CCCCCCC(F)F)CCCC(O)c1ccc(NS(C)(=O)=O)cc1.CCN(CCCCCCC(F)F)CCCC(O)c1ccc(NS(C)(=O)=O)cc1.O=C([O-])/C=C/C(=O)[O-]. The van der Waals surface area contributed by atoms with Gasteiger partial charge in [0.15, 0.2) is 0 Å². The predicted molar refractivity (Wildman–Crippen MR) is 240 cm³/mol. The van der Waals surface area contributed by atoms with Crippen LogP contribution in [0.4, 0.5) is 28.9 Å². The Hall–Kier alpha value is -3.82. The minimum absolute atomic E-state index is 0.000674. The zero-order valence-electron chi connectivity index (χ0n) is 37.6. The van der Waals surface area contributed by atoms with Crippen molar-refractivity contribution < 1.29 is 64.4 Å². The van der Waals surface area contributed by atoms with Crippen LogP contribution in [0.2, 0.25) is 0 Å². The molecule has 0 bridgehead atoms. The summed E-state index contributed by atoms with van der Waals surface area (Å²) in [4.78, 5) is 23.5. The van der Waals surface area contributed by atoms with Crippen LogP contribution in [0.5, 0.6) is 0 Å². The fourth-order valence-electron chi connectivity index (χ4n) is 6.29. The van der Waals surface area contributed by atoms with Gasteiger partial charge in [-0.25, -0.2) is 34.4 Å². The van der Waals surface area contributed by atoms with Crippen molar-refractivity contribution in [2.45, 2.75) is 129 Å². The first kappa shape index (κ1) is 60.2. The molecule has 0 heterocycles. The lowest BCUT2D eigenvalue weighted by Crippen LogP contribution is -2.26. The van der Waals surface area contributed by atoms with Gasteiger partial charge in [0.05, 0.1) is 36.7 Å². The maximum atomic E-state index is 12.1. The molecule has 2 atom stereocenters. The van der Waals surface area contributed by atoms with E-state index >= 15 is 0 Å². The van der Waals surface area contributed by atoms with E-state index in [9.17, 15) is 64.4 Å². The van der Waals surface area contributed by atoms with Crippen molar-refractivity contribution in [1.82, 2.24) is 9.80 Å². The van der Waals surface area contributed by atoms with Gasteiger partial charge in [0.2, 0.25) is 32.9 Å². The fourth-order valence-corrected chi connectivity index (χ4v) is 7.42. The molecule has 368 valence electrons. The number of carbonyl (C=O) groups is 2. The summed E-state index contributed by atoms with van der Waals surface area (Å²) in [7, 11) is -6.61. The molecule has 4 N–H and O–H groups in total. The second kappa shape index (κ2) is 34.5. The van der Waals surface area contributed by atoms with Crippen molar-refractivity contribution in [3.8, 4) is 0 Å². The number of carboxylic acid groups (broad SMARTS) is 2. The molecule has 2 aromatic rings. The highest BCUT2D eigenvalue weighted by atomic mass is 32.2. The van der Waals surface area contributed by atoms with Crippen LogP contribution in [0.25, 0.3) is 0 Å². The van der Waals surface area contributed by atoms with Crippen molar-refractivity contribution in [3.05, 3.63) is 71.8 Å². The molecular weight excluding hydrogens is 885 g/mol. The number of aliphatic hydroxyl groups is 2. The molecule has 64 heavy (non-hydrogen) atoms. The number of aliphatic carboxylic acids is 2. The number of benzene rings is 2. The first-order chi connectivity index (χ1) is 30.0. The van der Waals surface area contributed by atoms with E-state index in [4.69, 9.17) is 0 Å². The number of alkyl halides is 4. The van der Waals surface area contributed by atoms with Gasteiger partial charge in [-0.2, -0.15) is 0 Å². The molecule has 0 aromatic heterocycles. The maximum absolute atomic E-state index is 12.1. The number of hydrogen-bond donors (Lipinski definition) is 4. The summed E-state index contributed by atoms with van der Waals surface area (Å²) in [5, 5.41) is 39.5. The van der Waals surface area contributed by atoms with Crippen LogP contribution < -0.4 is 19.7 Å². The molecule has 2 aromatic carbocycles. The molecule has 2 unspecified atom stereocenters. The molecule has 0 saturated heterocycles. The second-order valence-corrected chi connectivity index (χ2v) is 18.8. The van der Waals surface area contributed by atoms with Gasteiger partial charge in [0.25, 0.3) is 0 Å². The summed E-state index contributed by atoms with van der Waals surface area (Å²) >= 11 is 0. The van der Waals surface area contributed by atoms with Crippen molar-refractivity contribution >= 4 is 43.4 Å². The number of hydrogen-bond acceptors (Lipinski definition) is 12. The van der Waals surface area contributed by atoms with Crippen molar-refractivity contribution in [2.75, 3.05) is 61.2 Å². The van der Waals surface area contributed by atoms with Crippen LogP contribution >= 0.6 is 0 Å². The van der Waals surface area contributed by atoms with E-state index in [1.807, 2.05) is 0 Å². The minimum Gasteiger partial charge on any atom is -0.545 e. The molecule has 0 saturated carbocycles. The molecule has 0 spiro atoms. The number of nitrogens with one attached hydrogen (secondary N) is 2. The number of carbonyl (C=O) groups excluding carboxylic acids is 2. The number of rotatable bonds is 32. The third kappa shape index (κ3) is 35.5. The number of anilines is 2. The lowest BCUT2D eigenvalue weighted by molar-refractivity contribution is -0.301. The fraction of sp³-hybridized carbons (Fsp3) is 0.636. The van der Waals surface area contributed by atoms with Gasteiger partial charge in [-0.15, -0.1) is 0 Å². The molecule has 14 nitrogen and oxygen atoms in total. The Kier molecular flexibility index (Phi) is 32.5. The molecule has 0 aliphatic heterocycles. The average Bonchev–Trinajstić information content (AvgIpc) is 3.20. The van der Waals surface area contributed by atoms with Crippen LogP contribution in [-0.4, -0.2) is 113 Å². The quantitative estimate of drug-likeness (QED) is 0.0385. The highest BCUT2D eigenvalue weighted by molar-refractivity contribution is 7.92. The summed E-state index contributed by atoms with van der Waals surface area (Å²) in [6, 6.07) is 13.5. The summed E-state index contributed by atoms with van der Waals surface area (Å²) in [6.45, 7) is 9.73. The Morgan fingerprint density at radius 3 is 1.11 bits per heavy atom. The van der Waals surface area contributed by atoms with E-state index in [2.05, 4.69) is 33.1 Å². The van der Waals surface area contributed by atoms with Crippen LogP contribution in [0.1, 0.15) is 127 Å². The van der Waals surface area contributed by atoms with Gasteiger partial charge in [-0.05, 0) is 138 Å². The molecule has 0 fully saturated rings. The summed E-state index contributed by atoms with van der Waals surface area (Å²) in [5.41, 5.74) is 2.48. The Morgan fingerprint density at radius 2 is 0.844 bits per heavy atom. The summed E-state index contributed by atoms with van der Waals surface area (Å²) in [5.74, 6) is -3.09. The smallest absolute Gasteiger partial charge is 0.238 e. The zero-order chi connectivity index (χ0) is 48.6. The third-order valence-corrected chi connectivity index (χ3v) is 10.9. The first-order valence-electron chi connectivity index (χ1n) is 21.7. The van der Waals surface area contributed by atoms with E-state index in [1.165, 1.54) is 0 Å². The lowest BCUT2D eigenvalue weighted by Gasteiger charge is -2.21. The highest BCUT2D eigenvalue weighted by Gasteiger charge is 2.12. The van der Waals surface area contributed by atoms with Crippen LogP contribution in [0, 0.1) is 0 Å².